The van der Waals surface area contributed by atoms with Crippen LogP contribution in [0.15, 0.2) is 34.8 Å². The first-order chi connectivity index (χ1) is 8.69. The van der Waals surface area contributed by atoms with Gasteiger partial charge in [-0.05, 0) is 37.4 Å². The van der Waals surface area contributed by atoms with Crippen LogP contribution in [0.25, 0.3) is 0 Å². The van der Waals surface area contributed by atoms with Gasteiger partial charge in [0.05, 0.1) is 5.02 Å². The molecular weight excluding hydrogens is 334 g/mol. The molecule has 0 amide bonds. The molecule has 2 nitrogen and oxygen atoms in total. The van der Waals surface area contributed by atoms with Crippen LogP contribution in [0.5, 0.6) is 5.75 Å². The Hall–Kier alpha value is -0.550. The number of halogens is 2. The Morgan fingerprint density at radius 3 is 2.78 bits per heavy atom. The molecule has 0 saturated heterocycles. The largest absolute Gasteiger partial charge is 0.487 e. The van der Waals surface area contributed by atoms with Crippen molar-refractivity contribution in [3.8, 4) is 5.75 Å². The molecule has 1 aromatic heterocycles. The first-order valence-electron chi connectivity index (χ1n) is 5.49. The minimum absolute atomic E-state index is 0.551. The van der Waals surface area contributed by atoms with Gasteiger partial charge in [0.2, 0.25) is 0 Å². The number of nitrogens with one attached hydrogen (secondary N) is 1. The van der Waals surface area contributed by atoms with Crippen LogP contribution in [-0.4, -0.2) is 7.05 Å². The Morgan fingerprint density at radius 2 is 2.06 bits per heavy atom. The average molecular weight is 347 g/mol. The maximum atomic E-state index is 6.09. The van der Waals surface area contributed by atoms with Crippen LogP contribution < -0.4 is 10.1 Å². The highest BCUT2D eigenvalue weighted by molar-refractivity contribution is 9.10. The SMILES string of the molecule is CNCc1ccc(COc2ccc(Br)cc2Cl)s1. The highest BCUT2D eigenvalue weighted by atomic mass is 79.9. The number of thiophene rings is 1. The maximum Gasteiger partial charge on any atom is 0.138 e. The van der Waals surface area contributed by atoms with E-state index in [4.69, 9.17) is 16.3 Å². The van der Waals surface area contributed by atoms with Crippen LogP contribution >= 0.6 is 38.9 Å². The Bertz CT molecular complexity index is 529. The molecule has 5 heteroatoms. The zero-order chi connectivity index (χ0) is 13.0. The molecule has 0 aliphatic carbocycles. The quantitative estimate of drug-likeness (QED) is 0.863. The second-order valence-corrected chi connectivity index (χ2v) is 6.34. The fourth-order valence-electron chi connectivity index (χ4n) is 1.51. The zero-order valence-electron chi connectivity index (χ0n) is 9.87. The van der Waals surface area contributed by atoms with E-state index in [0.717, 1.165) is 11.0 Å². The van der Waals surface area contributed by atoms with Gasteiger partial charge in [-0.25, -0.2) is 0 Å². The number of rotatable bonds is 5. The molecule has 0 radical (unpaired) electrons. The molecule has 2 aromatic rings. The molecule has 0 fully saturated rings. The predicted molar refractivity (Wildman–Crippen MR) is 80.6 cm³/mol. The normalized spacial score (nSPS) is 10.6. The number of hydrogen-bond acceptors (Lipinski definition) is 3. The second-order valence-electron chi connectivity index (χ2n) is 3.76. The standard InChI is InChI=1S/C13H13BrClNOS/c1-16-7-10-3-4-11(18-10)8-17-13-5-2-9(14)6-12(13)15/h2-6,16H,7-8H2,1H3. The van der Waals surface area contributed by atoms with E-state index >= 15 is 0 Å². The van der Waals surface area contributed by atoms with Gasteiger partial charge in [0.1, 0.15) is 12.4 Å². The zero-order valence-corrected chi connectivity index (χ0v) is 13.0. The van der Waals surface area contributed by atoms with Gasteiger partial charge in [-0.1, -0.05) is 27.5 Å². The van der Waals surface area contributed by atoms with E-state index in [1.54, 1.807) is 11.3 Å². The van der Waals surface area contributed by atoms with Crippen molar-refractivity contribution in [2.45, 2.75) is 13.2 Å². The lowest BCUT2D eigenvalue weighted by molar-refractivity contribution is 0.310. The average Bonchev–Trinajstić information content (AvgIpc) is 2.76. The van der Waals surface area contributed by atoms with Gasteiger partial charge in [-0.2, -0.15) is 0 Å². The fourth-order valence-corrected chi connectivity index (χ4v) is 3.18. The van der Waals surface area contributed by atoms with Gasteiger partial charge in [0, 0.05) is 20.8 Å². The molecule has 0 atom stereocenters. The van der Waals surface area contributed by atoms with E-state index in [2.05, 4.69) is 33.4 Å². The monoisotopic (exact) mass is 345 g/mol. The van der Waals surface area contributed by atoms with Crippen molar-refractivity contribution in [1.29, 1.82) is 0 Å². The Labute approximate surface area is 124 Å². The van der Waals surface area contributed by atoms with Crippen LogP contribution in [0, 0.1) is 0 Å². The number of benzene rings is 1. The summed E-state index contributed by atoms with van der Waals surface area (Å²) in [4.78, 5) is 2.50. The molecule has 2 rings (SSSR count). The second kappa shape index (κ2) is 6.57. The van der Waals surface area contributed by atoms with Gasteiger partial charge in [0.25, 0.3) is 0 Å². The molecule has 1 N–H and O–H groups in total. The lowest BCUT2D eigenvalue weighted by atomic mass is 10.3. The van der Waals surface area contributed by atoms with E-state index in [1.807, 2.05) is 25.2 Å². The smallest absolute Gasteiger partial charge is 0.138 e. The van der Waals surface area contributed by atoms with Crippen molar-refractivity contribution < 1.29 is 4.74 Å². The minimum Gasteiger partial charge on any atom is -0.487 e. The third kappa shape index (κ3) is 3.72. The topological polar surface area (TPSA) is 21.3 Å². The van der Waals surface area contributed by atoms with E-state index in [-0.39, 0.29) is 0 Å². The van der Waals surface area contributed by atoms with Crippen LogP contribution in [0.4, 0.5) is 0 Å². The van der Waals surface area contributed by atoms with Crippen molar-refractivity contribution in [3.63, 3.8) is 0 Å². The third-order valence-electron chi connectivity index (χ3n) is 2.33. The summed E-state index contributed by atoms with van der Waals surface area (Å²) in [5, 5.41) is 3.75. The summed E-state index contributed by atoms with van der Waals surface area (Å²) in [6.45, 7) is 1.44. The molecule has 0 spiro atoms. The van der Waals surface area contributed by atoms with Crippen LogP contribution in [0.2, 0.25) is 5.02 Å². The molecule has 0 bridgehead atoms. The molecular formula is C13H13BrClNOS. The van der Waals surface area contributed by atoms with Crippen molar-refractivity contribution in [2.75, 3.05) is 7.05 Å². The Morgan fingerprint density at radius 1 is 1.28 bits per heavy atom. The summed E-state index contributed by atoms with van der Waals surface area (Å²) in [5.41, 5.74) is 0. The van der Waals surface area contributed by atoms with E-state index < -0.39 is 0 Å². The fraction of sp³-hybridized carbons (Fsp3) is 0.231. The van der Waals surface area contributed by atoms with Crippen molar-refractivity contribution >= 4 is 38.9 Å². The van der Waals surface area contributed by atoms with Gasteiger partial charge >= 0.3 is 0 Å². The maximum absolute atomic E-state index is 6.09. The van der Waals surface area contributed by atoms with E-state index in [1.165, 1.54) is 9.75 Å². The third-order valence-corrected chi connectivity index (χ3v) is 4.18. The summed E-state index contributed by atoms with van der Waals surface area (Å²) < 4.78 is 6.66. The number of hydrogen-bond donors (Lipinski definition) is 1. The van der Waals surface area contributed by atoms with Crippen LogP contribution in [-0.2, 0) is 13.2 Å². The highest BCUT2D eigenvalue weighted by Crippen LogP contribution is 2.29. The number of ether oxygens (including phenoxy) is 1. The molecule has 1 aromatic carbocycles. The van der Waals surface area contributed by atoms with E-state index in [0.29, 0.717) is 17.4 Å². The lowest BCUT2D eigenvalue weighted by Gasteiger charge is -2.06. The van der Waals surface area contributed by atoms with Crippen molar-refractivity contribution in [2.24, 2.45) is 0 Å². The van der Waals surface area contributed by atoms with Crippen LogP contribution in [0.3, 0.4) is 0 Å². The first kappa shape index (κ1) is 13.9. The summed E-state index contributed by atoms with van der Waals surface area (Å²) in [6, 6.07) is 9.82. The summed E-state index contributed by atoms with van der Waals surface area (Å²) >= 11 is 11.2. The first-order valence-corrected chi connectivity index (χ1v) is 7.48. The van der Waals surface area contributed by atoms with Gasteiger partial charge in [0.15, 0.2) is 0 Å². The molecule has 0 saturated carbocycles. The Balaban J connectivity index is 1.97. The highest BCUT2D eigenvalue weighted by Gasteiger charge is 2.04. The minimum atomic E-state index is 0.551. The summed E-state index contributed by atoms with van der Waals surface area (Å²) in [5.74, 6) is 0.712. The predicted octanol–water partition coefficient (Wildman–Crippen LogP) is 4.46. The lowest BCUT2D eigenvalue weighted by Crippen LogP contribution is -2.02. The molecule has 0 unspecified atom stereocenters. The van der Waals surface area contributed by atoms with Crippen molar-refractivity contribution in [1.82, 2.24) is 5.32 Å². The molecule has 0 aliphatic rings. The van der Waals surface area contributed by atoms with Crippen molar-refractivity contribution in [3.05, 3.63) is 49.6 Å². The molecule has 1 heterocycles. The Kier molecular flexibility index (Phi) is 5.06. The molecule has 18 heavy (non-hydrogen) atoms. The van der Waals surface area contributed by atoms with Gasteiger partial charge in [-0.15, -0.1) is 11.3 Å². The molecule has 0 aliphatic heterocycles. The van der Waals surface area contributed by atoms with Gasteiger partial charge < -0.3 is 10.1 Å². The van der Waals surface area contributed by atoms with E-state index in [9.17, 15) is 0 Å². The van der Waals surface area contributed by atoms with Crippen LogP contribution in [0.1, 0.15) is 9.75 Å². The van der Waals surface area contributed by atoms with Gasteiger partial charge in [-0.3, -0.25) is 0 Å². The molecule has 96 valence electrons. The summed E-state index contributed by atoms with van der Waals surface area (Å²) in [7, 11) is 1.94. The summed E-state index contributed by atoms with van der Waals surface area (Å²) in [6.07, 6.45) is 0.